The minimum absolute atomic E-state index is 0.0652. The Labute approximate surface area is 160 Å². The summed E-state index contributed by atoms with van der Waals surface area (Å²) in [6, 6.07) is 13.0. The molecule has 1 aliphatic rings. The third-order valence-electron chi connectivity index (χ3n) is 5.24. The highest BCUT2D eigenvalue weighted by atomic mass is 19.1. The Balaban J connectivity index is 1.57. The van der Waals surface area contributed by atoms with Crippen molar-refractivity contribution in [1.29, 1.82) is 0 Å². The molecule has 1 saturated heterocycles. The summed E-state index contributed by atoms with van der Waals surface area (Å²) in [5, 5.41) is 0.368. The number of aromatic amines is 1. The van der Waals surface area contributed by atoms with Crippen LogP contribution in [-0.4, -0.2) is 32.9 Å². The van der Waals surface area contributed by atoms with Gasteiger partial charge in [0.05, 0.1) is 10.9 Å². The monoisotopic (exact) mass is 381 g/mol. The molecule has 7 heteroatoms. The SMILES string of the molecule is O=C(Cn1c(=O)[nH]c2ccccc2c1=O)N1CCCC1Cc1cccc(F)c1. The number of nitrogens with one attached hydrogen (secondary N) is 1. The molecule has 3 aromatic rings. The van der Waals surface area contributed by atoms with E-state index in [1.807, 2.05) is 6.07 Å². The summed E-state index contributed by atoms with van der Waals surface area (Å²) in [5.41, 5.74) is 0.197. The van der Waals surface area contributed by atoms with E-state index < -0.39 is 11.2 Å². The van der Waals surface area contributed by atoms with Crippen LogP contribution >= 0.6 is 0 Å². The molecule has 6 nitrogen and oxygen atoms in total. The highest BCUT2D eigenvalue weighted by molar-refractivity contribution is 5.79. The first-order valence-corrected chi connectivity index (χ1v) is 9.29. The summed E-state index contributed by atoms with van der Waals surface area (Å²) in [5.74, 6) is -0.579. The van der Waals surface area contributed by atoms with Crippen LogP contribution in [0.2, 0.25) is 0 Å². The van der Waals surface area contributed by atoms with E-state index in [1.54, 1.807) is 35.2 Å². The standard InChI is InChI=1S/C21H20FN3O3/c22-15-6-3-5-14(11-15)12-16-7-4-10-24(16)19(26)13-25-20(27)17-8-1-2-9-18(17)23-21(25)28/h1-3,5-6,8-9,11,16H,4,7,10,12-13H2,(H,23,28). The van der Waals surface area contributed by atoms with Crippen LogP contribution in [0.3, 0.4) is 0 Å². The van der Waals surface area contributed by atoms with Crippen LogP contribution in [0.4, 0.5) is 4.39 Å². The number of carbonyl (C=O) groups is 1. The fourth-order valence-electron chi connectivity index (χ4n) is 3.88. The number of carbonyl (C=O) groups excluding carboxylic acids is 1. The highest BCUT2D eigenvalue weighted by Crippen LogP contribution is 2.22. The Morgan fingerprint density at radius 1 is 1.14 bits per heavy atom. The molecule has 0 aliphatic carbocycles. The van der Waals surface area contributed by atoms with E-state index in [4.69, 9.17) is 0 Å². The minimum Gasteiger partial charge on any atom is -0.338 e. The number of likely N-dealkylation sites (tertiary alicyclic amines) is 1. The van der Waals surface area contributed by atoms with Crippen molar-refractivity contribution < 1.29 is 9.18 Å². The molecule has 2 heterocycles. The number of halogens is 1. The lowest BCUT2D eigenvalue weighted by Crippen LogP contribution is -2.44. The van der Waals surface area contributed by atoms with Gasteiger partial charge in [0.15, 0.2) is 0 Å². The Morgan fingerprint density at radius 3 is 2.79 bits per heavy atom. The number of nitrogens with zero attached hydrogens (tertiary/aromatic N) is 2. The van der Waals surface area contributed by atoms with Gasteiger partial charge in [-0.05, 0) is 49.1 Å². The molecule has 0 saturated carbocycles. The van der Waals surface area contributed by atoms with Crippen molar-refractivity contribution in [2.45, 2.75) is 31.8 Å². The molecule has 0 radical (unpaired) electrons. The van der Waals surface area contributed by atoms with Gasteiger partial charge < -0.3 is 9.88 Å². The van der Waals surface area contributed by atoms with Crippen molar-refractivity contribution in [3.05, 3.63) is 80.7 Å². The van der Waals surface area contributed by atoms with Crippen LogP contribution < -0.4 is 11.2 Å². The topological polar surface area (TPSA) is 75.2 Å². The molecule has 2 aromatic carbocycles. The van der Waals surface area contributed by atoms with E-state index in [0.717, 1.165) is 23.0 Å². The Hall–Kier alpha value is -3.22. The molecule has 1 aromatic heterocycles. The summed E-state index contributed by atoms with van der Waals surface area (Å²) in [6.45, 7) is 0.262. The maximum Gasteiger partial charge on any atom is 0.329 e. The molecule has 1 amide bonds. The smallest absolute Gasteiger partial charge is 0.329 e. The van der Waals surface area contributed by atoms with Crippen molar-refractivity contribution >= 4 is 16.8 Å². The van der Waals surface area contributed by atoms with E-state index in [0.29, 0.717) is 23.9 Å². The van der Waals surface area contributed by atoms with Crippen LogP contribution in [0.25, 0.3) is 10.9 Å². The van der Waals surface area contributed by atoms with Gasteiger partial charge in [0.1, 0.15) is 12.4 Å². The second kappa shape index (κ2) is 7.42. The number of aromatic nitrogens is 2. The minimum atomic E-state index is -0.599. The largest absolute Gasteiger partial charge is 0.338 e. The van der Waals surface area contributed by atoms with Crippen LogP contribution in [0.1, 0.15) is 18.4 Å². The number of fused-ring (bicyclic) bond motifs is 1. The number of amides is 1. The molecule has 4 rings (SSSR count). The zero-order valence-electron chi connectivity index (χ0n) is 15.2. The predicted octanol–water partition coefficient (Wildman–Crippen LogP) is 2.06. The Morgan fingerprint density at radius 2 is 1.96 bits per heavy atom. The molecular formula is C21H20FN3O3. The molecule has 1 fully saturated rings. The van der Waals surface area contributed by atoms with E-state index in [-0.39, 0.29) is 24.3 Å². The third kappa shape index (κ3) is 3.47. The maximum absolute atomic E-state index is 13.4. The van der Waals surface area contributed by atoms with Crippen LogP contribution in [0.15, 0.2) is 58.1 Å². The maximum atomic E-state index is 13.4. The Bertz CT molecular complexity index is 1150. The number of benzene rings is 2. The first-order chi connectivity index (χ1) is 13.5. The van der Waals surface area contributed by atoms with Crippen molar-refractivity contribution in [3.8, 4) is 0 Å². The molecular weight excluding hydrogens is 361 g/mol. The number of para-hydroxylation sites is 1. The van der Waals surface area contributed by atoms with Crippen molar-refractivity contribution in [1.82, 2.24) is 14.5 Å². The summed E-state index contributed by atoms with van der Waals surface area (Å²) in [6.07, 6.45) is 2.20. The summed E-state index contributed by atoms with van der Waals surface area (Å²) < 4.78 is 14.4. The average molecular weight is 381 g/mol. The van der Waals surface area contributed by atoms with Gasteiger partial charge in [0.25, 0.3) is 5.56 Å². The molecule has 1 N–H and O–H groups in total. The number of rotatable bonds is 4. The normalized spacial score (nSPS) is 16.6. The van der Waals surface area contributed by atoms with Crippen LogP contribution in [-0.2, 0) is 17.8 Å². The zero-order valence-corrected chi connectivity index (χ0v) is 15.2. The predicted molar refractivity (Wildman–Crippen MR) is 104 cm³/mol. The summed E-state index contributed by atoms with van der Waals surface area (Å²) >= 11 is 0. The van der Waals surface area contributed by atoms with E-state index in [9.17, 15) is 18.8 Å². The van der Waals surface area contributed by atoms with Crippen LogP contribution in [0.5, 0.6) is 0 Å². The molecule has 28 heavy (non-hydrogen) atoms. The van der Waals surface area contributed by atoms with Crippen molar-refractivity contribution in [2.75, 3.05) is 6.54 Å². The van der Waals surface area contributed by atoms with Crippen molar-refractivity contribution in [3.63, 3.8) is 0 Å². The summed E-state index contributed by atoms with van der Waals surface area (Å²) in [7, 11) is 0. The first-order valence-electron chi connectivity index (χ1n) is 9.29. The number of hydrogen-bond acceptors (Lipinski definition) is 3. The zero-order chi connectivity index (χ0) is 19.7. The molecule has 1 unspecified atom stereocenters. The molecule has 144 valence electrons. The highest BCUT2D eigenvalue weighted by Gasteiger charge is 2.29. The molecule has 0 spiro atoms. The van der Waals surface area contributed by atoms with E-state index >= 15 is 0 Å². The number of hydrogen-bond donors (Lipinski definition) is 1. The van der Waals surface area contributed by atoms with E-state index in [1.165, 1.54) is 12.1 Å². The average Bonchev–Trinajstić information content (AvgIpc) is 3.13. The lowest BCUT2D eigenvalue weighted by atomic mass is 10.0. The van der Waals surface area contributed by atoms with E-state index in [2.05, 4.69) is 4.98 Å². The Kier molecular flexibility index (Phi) is 4.81. The van der Waals surface area contributed by atoms with Gasteiger partial charge in [-0.15, -0.1) is 0 Å². The van der Waals surface area contributed by atoms with Gasteiger partial charge in [0.2, 0.25) is 5.91 Å². The van der Waals surface area contributed by atoms with Gasteiger partial charge in [-0.1, -0.05) is 24.3 Å². The number of H-pyrrole nitrogens is 1. The third-order valence-corrected chi connectivity index (χ3v) is 5.24. The van der Waals surface area contributed by atoms with Gasteiger partial charge in [-0.2, -0.15) is 0 Å². The second-order valence-corrected chi connectivity index (χ2v) is 7.08. The first kappa shape index (κ1) is 18.2. The fraction of sp³-hybridized carbons (Fsp3) is 0.286. The van der Waals surface area contributed by atoms with Gasteiger partial charge >= 0.3 is 5.69 Å². The molecule has 0 bridgehead atoms. The lowest BCUT2D eigenvalue weighted by molar-refractivity contribution is -0.132. The quantitative estimate of drug-likeness (QED) is 0.752. The van der Waals surface area contributed by atoms with Gasteiger partial charge in [0, 0.05) is 12.6 Å². The van der Waals surface area contributed by atoms with Gasteiger partial charge in [-0.25, -0.2) is 9.18 Å². The molecule has 1 atom stereocenters. The lowest BCUT2D eigenvalue weighted by Gasteiger charge is -2.25. The van der Waals surface area contributed by atoms with Crippen molar-refractivity contribution in [2.24, 2.45) is 0 Å². The van der Waals surface area contributed by atoms with Gasteiger partial charge in [-0.3, -0.25) is 14.2 Å². The second-order valence-electron chi connectivity index (χ2n) is 7.08. The summed E-state index contributed by atoms with van der Waals surface area (Å²) in [4.78, 5) is 42.2. The molecule has 1 aliphatic heterocycles. The fourth-order valence-corrected chi connectivity index (χ4v) is 3.88. The van der Waals surface area contributed by atoms with Crippen LogP contribution in [0, 0.1) is 5.82 Å².